The molecule has 1 aliphatic rings. The third-order valence-electron chi connectivity index (χ3n) is 7.12. The Hall–Kier alpha value is -3.34. The maximum absolute atomic E-state index is 11.0. The number of nitrogens with one attached hydrogen (secondary N) is 1. The van der Waals surface area contributed by atoms with Gasteiger partial charge in [-0.1, -0.05) is 153 Å². The summed E-state index contributed by atoms with van der Waals surface area (Å²) in [4.78, 5) is 23.2. The summed E-state index contributed by atoms with van der Waals surface area (Å²) in [6, 6.07) is 26.8. The molecule has 0 spiro atoms. The molecule has 1 aliphatic heterocycles. The summed E-state index contributed by atoms with van der Waals surface area (Å²) >= 11 is 1.05. The van der Waals surface area contributed by atoms with Crippen molar-refractivity contribution < 1.29 is 9.59 Å². The fourth-order valence-corrected chi connectivity index (χ4v) is 4.94. The molecule has 4 rings (SSSR count). The van der Waals surface area contributed by atoms with E-state index in [1.165, 1.54) is 37.7 Å². The van der Waals surface area contributed by atoms with Crippen LogP contribution < -0.4 is 25.7 Å². The number of nitrogens with zero attached hydrogens (tertiary/aromatic N) is 2. The van der Waals surface area contributed by atoms with Gasteiger partial charge in [0.25, 0.3) is 0 Å². The molecule has 7 N–H and O–H groups in total. The standard InChI is InChI=1S/C23H24N4.C11H21NO2.C3H8.2C2H6.H2N.Sn/c1-26-16-18-11-5-6-12-19(18)23(22(24)20-13-7-8-14-21(20)26)27(25)15-17-9-3-2-4-10-17;1-2-3-4-5-6-9-12-11(14)8-7-10-13;1-3-2;2*1-2;;/h2-14H,15-16,24-25H2,1H3;10H,2-9H2,1H3,(H,12,14);3H2,1-2H3;2*1-2H3;1H2;/q;;;;;-1;+1/b23-22-;;;;;;. The molecule has 8 nitrogen and oxygen atoms in total. The second-order valence-corrected chi connectivity index (χ2v) is 11.1. The minimum absolute atomic E-state index is 0.00686. The molecular formula is C41H67N6O2Sn. The van der Waals surface area contributed by atoms with Gasteiger partial charge in [0.1, 0.15) is 6.29 Å². The number of hydrogen-bond donors (Lipinski definition) is 4. The van der Waals surface area contributed by atoms with Gasteiger partial charge in [-0.2, -0.15) is 0 Å². The van der Waals surface area contributed by atoms with Crippen molar-refractivity contribution in [2.75, 3.05) is 18.5 Å². The zero-order valence-electron chi connectivity index (χ0n) is 32.3. The van der Waals surface area contributed by atoms with Crippen LogP contribution in [0.3, 0.4) is 0 Å². The molecule has 50 heavy (non-hydrogen) atoms. The third kappa shape index (κ3) is 19.2. The van der Waals surface area contributed by atoms with Gasteiger partial charge in [-0.25, -0.2) is 5.84 Å². The molecule has 0 saturated heterocycles. The Balaban J connectivity index is 0. The molecule has 0 bridgehead atoms. The molecule has 9 heteroatoms. The Morgan fingerprint density at radius 2 is 1.38 bits per heavy atom. The molecule has 1 heterocycles. The number of amides is 1. The predicted octanol–water partition coefficient (Wildman–Crippen LogP) is 8.35. The number of hydrogen-bond acceptors (Lipinski definition) is 7. The van der Waals surface area contributed by atoms with Crippen molar-refractivity contribution in [3.8, 4) is 0 Å². The monoisotopic (exact) mass is 795 g/mol. The van der Waals surface area contributed by atoms with Crippen LogP contribution in [0.1, 0.15) is 122 Å². The maximum atomic E-state index is 11.0. The Labute approximate surface area is 318 Å². The van der Waals surface area contributed by atoms with Crippen molar-refractivity contribution in [3.63, 3.8) is 0 Å². The number of carbonyl (C=O) groups is 2. The molecule has 0 fully saturated rings. The van der Waals surface area contributed by atoms with Crippen LogP contribution in [0, 0.1) is 0 Å². The average Bonchev–Trinajstić information content (AvgIpc) is 3.16. The van der Waals surface area contributed by atoms with Gasteiger partial charge in [0.05, 0.1) is 17.9 Å². The summed E-state index contributed by atoms with van der Waals surface area (Å²) < 4.78 is 4.59. The van der Waals surface area contributed by atoms with E-state index < -0.39 is 0 Å². The molecule has 3 aromatic carbocycles. The van der Waals surface area contributed by atoms with E-state index >= 15 is 0 Å². The first kappa shape index (κ1) is 48.8. The first-order chi connectivity index (χ1) is 24.4. The quantitative estimate of drug-likeness (QED) is 0.0477. The molecule has 3 aromatic rings. The first-order valence-corrected chi connectivity index (χ1v) is 20.0. The van der Waals surface area contributed by atoms with Crippen LogP contribution in [0.4, 0.5) is 5.69 Å². The van der Waals surface area contributed by atoms with E-state index in [0.717, 1.165) is 76.7 Å². The fraction of sp³-hybridized carbons (Fsp3) is 0.463. The molecule has 0 unspecified atom stereocenters. The predicted molar refractivity (Wildman–Crippen MR) is 218 cm³/mol. The van der Waals surface area contributed by atoms with E-state index in [1.54, 1.807) is 5.01 Å². The second-order valence-electron chi connectivity index (χ2n) is 11.1. The number of rotatable bonds is 12. The molecule has 0 atom stereocenters. The molecule has 0 saturated carbocycles. The number of carbonyl (C=O) groups excluding carboxylic acids is 2. The molecule has 1 amide bonds. The second kappa shape index (κ2) is 32.8. The third-order valence-corrected chi connectivity index (χ3v) is 7.12. The van der Waals surface area contributed by atoms with Gasteiger partial charge in [-0.05, 0) is 23.6 Å². The number of unbranched alkanes of at least 4 members (excludes halogenated alkanes) is 4. The summed E-state index contributed by atoms with van der Waals surface area (Å²) in [7, 11) is 2.10. The summed E-state index contributed by atoms with van der Waals surface area (Å²) in [5.74, 6) is 6.57. The fourth-order valence-electron chi connectivity index (χ4n) is 4.94. The average molecular weight is 795 g/mol. The Morgan fingerprint density at radius 3 is 1.98 bits per heavy atom. The van der Waals surface area contributed by atoms with Crippen LogP contribution in [-0.2, 0) is 22.7 Å². The summed E-state index contributed by atoms with van der Waals surface area (Å²) in [6.07, 6.45) is 8.70. The number of hydrazine groups is 1. The van der Waals surface area contributed by atoms with Crippen molar-refractivity contribution in [3.05, 3.63) is 101 Å². The minimum atomic E-state index is -0.00686. The van der Waals surface area contributed by atoms with Crippen LogP contribution in [0.25, 0.3) is 11.4 Å². The molecule has 3 radical (unpaired) electrons. The summed E-state index contributed by atoms with van der Waals surface area (Å²) in [5, 5.41) is 4.57. The van der Waals surface area contributed by atoms with E-state index in [-0.39, 0.29) is 5.91 Å². The Bertz CT molecular complexity index is 1300. The van der Waals surface area contributed by atoms with E-state index in [0.29, 0.717) is 25.1 Å². The number of benzene rings is 3. The van der Waals surface area contributed by atoms with Crippen molar-refractivity contribution >= 4 is 52.1 Å². The number of para-hydroxylation sites is 1. The Morgan fingerprint density at radius 1 is 0.840 bits per heavy atom. The van der Waals surface area contributed by atoms with E-state index in [9.17, 15) is 9.59 Å². The van der Waals surface area contributed by atoms with Gasteiger partial charge in [-0.3, -0.25) is 4.79 Å². The van der Waals surface area contributed by atoms with Gasteiger partial charge in [0.15, 0.2) is 0 Å². The molecule has 0 aliphatic carbocycles. The van der Waals surface area contributed by atoms with Crippen LogP contribution >= 0.6 is 0 Å². The number of nitrogens with two attached hydrogens (primary N) is 3. The van der Waals surface area contributed by atoms with Crippen molar-refractivity contribution in [1.82, 2.24) is 10.3 Å². The zero-order chi connectivity index (χ0) is 38.2. The molecule has 0 aromatic heterocycles. The van der Waals surface area contributed by atoms with E-state index in [1.807, 2.05) is 64.1 Å². The summed E-state index contributed by atoms with van der Waals surface area (Å²) in [5.41, 5.74) is 13.8. The Kier molecular flexibility index (Phi) is 32.0. The van der Waals surface area contributed by atoms with Gasteiger partial charge < -0.3 is 25.8 Å². The van der Waals surface area contributed by atoms with Crippen LogP contribution in [-0.4, -0.2) is 53.6 Å². The van der Waals surface area contributed by atoms with Crippen LogP contribution in [0.5, 0.6) is 0 Å². The number of anilines is 1. The van der Waals surface area contributed by atoms with E-state index in [4.69, 9.17) is 11.6 Å². The molecular weight excluding hydrogens is 727 g/mol. The zero-order valence-corrected chi connectivity index (χ0v) is 35.2. The topological polar surface area (TPSA) is 131 Å². The number of fused-ring (bicyclic) bond motifs is 2. The summed E-state index contributed by atoms with van der Waals surface area (Å²) in [6.45, 7) is 16.6. The van der Waals surface area contributed by atoms with Gasteiger partial charge in [0.2, 0.25) is 5.91 Å². The van der Waals surface area contributed by atoms with Gasteiger partial charge in [-0.15, -0.1) is 0 Å². The SMILES string of the molecule is CC.CC.CCC.CCCCCCCNC(=O)CCC=O.CN1Cc2ccccc2/C(N(N)Cc2ccccc2)=C(/N)c2ccccc21.[NH2][Sn]. The van der Waals surface area contributed by atoms with Crippen LogP contribution in [0.2, 0.25) is 0 Å². The number of aldehydes is 1. The molecule has 277 valence electrons. The van der Waals surface area contributed by atoms with Crippen LogP contribution in [0.15, 0.2) is 78.9 Å². The van der Waals surface area contributed by atoms with Crippen molar-refractivity contribution in [1.29, 1.82) is 0 Å². The van der Waals surface area contributed by atoms with Gasteiger partial charge >= 0.3 is 26.8 Å². The van der Waals surface area contributed by atoms with Crippen molar-refractivity contribution in [2.24, 2.45) is 15.5 Å². The van der Waals surface area contributed by atoms with Crippen molar-refractivity contribution in [2.45, 2.75) is 113 Å². The van der Waals surface area contributed by atoms with E-state index in [2.05, 4.69) is 84.5 Å². The first-order valence-electron chi connectivity index (χ1n) is 18.3. The normalized spacial score (nSPS) is 12.2. The van der Waals surface area contributed by atoms with Gasteiger partial charge in [0, 0.05) is 49.8 Å².